The number of H-pyrrole nitrogens is 1. The second kappa shape index (κ2) is 6.38. The van der Waals surface area contributed by atoms with Gasteiger partial charge in [0.2, 0.25) is 10.0 Å². The van der Waals surface area contributed by atoms with Crippen molar-refractivity contribution in [3.63, 3.8) is 0 Å². The highest BCUT2D eigenvalue weighted by molar-refractivity contribution is 7.89. The lowest BCUT2D eigenvalue weighted by Crippen LogP contribution is -2.50. The van der Waals surface area contributed by atoms with E-state index in [1.807, 2.05) is 6.20 Å². The summed E-state index contributed by atoms with van der Waals surface area (Å²) < 4.78 is 43.7. The number of aromatic nitrogens is 2. The maximum Gasteiger partial charge on any atom is 0.216 e. The number of hydrogen-bond donors (Lipinski definition) is 1. The summed E-state index contributed by atoms with van der Waals surface area (Å²) in [5.74, 6) is -0.0177. The molecule has 24 heavy (non-hydrogen) atoms. The molecule has 2 saturated heterocycles. The van der Waals surface area contributed by atoms with Crippen LogP contribution in [-0.2, 0) is 36.3 Å². The molecule has 134 valence electrons. The highest BCUT2D eigenvalue weighted by atomic mass is 32.2. The van der Waals surface area contributed by atoms with E-state index in [4.69, 9.17) is 14.2 Å². The number of hydrogen-bond acceptors (Lipinski definition) is 6. The molecule has 0 radical (unpaired) electrons. The van der Waals surface area contributed by atoms with Crippen molar-refractivity contribution in [2.24, 2.45) is 0 Å². The van der Waals surface area contributed by atoms with Gasteiger partial charge in [-0.3, -0.25) is 5.10 Å². The Morgan fingerprint density at radius 2 is 2.12 bits per heavy atom. The Balaban J connectivity index is 1.43. The lowest BCUT2D eigenvalue weighted by atomic mass is 9.84. The average Bonchev–Trinajstić information content (AvgIpc) is 3.06. The third kappa shape index (κ3) is 2.99. The van der Waals surface area contributed by atoms with E-state index in [9.17, 15) is 8.42 Å². The molecule has 1 aromatic heterocycles. The van der Waals surface area contributed by atoms with E-state index in [2.05, 4.69) is 10.2 Å². The highest BCUT2D eigenvalue weighted by Crippen LogP contribution is 2.40. The Kier molecular flexibility index (Phi) is 4.38. The molecule has 1 unspecified atom stereocenters. The normalized spacial score (nSPS) is 27.9. The van der Waals surface area contributed by atoms with E-state index in [1.165, 1.54) is 5.56 Å². The van der Waals surface area contributed by atoms with Gasteiger partial charge in [-0.1, -0.05) is 0 Å². The maximum absolute atomic E-state index is 12.7. The summed E-state index contributed by atoms with van der Waals surface area (Å²) in [5, 5.41) is 7.19. The predicted molar refractivity (Wildman–Crippen MR) is 85.1 cm³/mol. The molecule has 4 rings (SSSR count). The summed E-state index contributed by atoms with van der Waals surface area (Å²) in [4.78, 5) is 0. The van der Waals surface area contributed by atoms with Crippen LogP contribution < -0.4 is 0 Å². The topological polar surface area (TPSA) is 93.8 Å². The summed E-state index contributed by atoms with van der Waals surface area (Å²) >= 11 is 0. The Hall–Kier alpha value is -1.00. The van der Waals surface area contributed by atoms with E-state index in [-0.39, 0.29) is 11.9 Å². The fourth-order valence-corrected chi connectivity index (χ4v) is 5.43. The van der Waals surface area contributed by atoms with Gasteiger partial charge in [-0.15, -0.1) is 0 Å². The first kappa shape index (κ1) is 16.5. The monoisotopic (exact) mass is 357 g/mol. The van der Waals surface area contributed by atoms with E-state index in [0.717, 1.165) is 12.1 Å². The van der Waals surface area contributed by atoms with E-state index in [1.54, 1.807) is 4.31 Å². The van der Waals surface area contributed by atoms with Crippen LogP contribution in [0.25, 0.3) is 0 Å². The lowest BCUT2D eigenvalue weighted by Gasteiger charge is -2.43. The summed E-state index contributed by atoms with van der Waals surface area (Å²) in [6, 6.07) is 0. The third-order valence-corrected chi connectivity index (χ3v) is 7.07. The first-order valence-electron chi connectivity index (χ1n) is 8.43. The highest BCUT2D eigenvalue weighted by Gasteiger charge is 2.44. The van der Waals surface area contributed by atoms with E-state index >= 15 is 0 Å². The molecule has 0 aliphatic carbocycles. The first-order valence-corrected chi connectivity index (χ1v) is 10.0. The second-order valence-electron chi connectivity index (χ2n) is 6.61. The zero-order valence-corrected chi connectivity index (χ0v) is 14.4. The molecule has 3 aliphatic rings. The zero-order valence-electron chi connectivity index (χ0n) is 13.6. The van der Waals surface area contributed by atoms with Gasteiger partial charge in [0.1, 0.15) is 5.60 Å². The molecule has 3 aliphatic heterocycles. The van der Waals surface area contributed by atoms with Gasteiger partial charge in [-0.25, -0.2) is 12.7 Å². The molecule has 1 spiro atoms. The van der Waals surface area contributed by atoms with E-state index in [0.29, 0.717) is 52.4 Å². The van der Waals surface area contributed by atoms with Crippen LogP contribution in [0.15, 0.2) is 6.20 Å². The fourth-order valence-electron chi connectivity index (χ4n) is 3.82. The van der Waals surface area contributed by atoms with Crippen molar-refractivity contribution in [3.05, 3.63) is 17.5 Å². The van der Waals surface area contributed by atoms with Gasteiger partial charge in [0.15, 0.2) is 0 Å². The lowest BCUT2D eigenvalue weighted by molar-refractivity contribution is -0.0927. The molecule has 9 heteroatoms. The molecule has 1 atom stereocenters. The summed E-state index contributed by atoms with van der Waals surface area (Å²) in [6.45, 7) is 2.90. The number of sulfonamides is 1. The van der Waals surface area contributed by atoms with Crippen molar-refractivity contribution in [3.8, 4) is 0 Å². The van der Waals surface area contributed by atoms with Crippen molar-refractivity contribution in [2.45, 2.75) is 31.0 Å². The largest absolute Gasteiger partial charge is 0.376 e. The Morgan fingerprint density at radius 1 is 1.29 bits per heavy atom. The number of fused-ring (bicyclic) bond motifs is 2. The quantitative estimate of drug-likeness (QED) is 0.820. The second-order valence-corrected chi connectivity index (χ2v) is 8.62. The van der Waals surface area contributed by atoms with Gasteiger partial charge in [-0.2, -0.15) is 5.10 Å². The van der Waals surface area contributed by atoms with Crippen molar-refractivity contribution in [1.29, 1.82) is 0 Å². The fraction of sp³-hybridized carbons (Fsp3) is 0.800. The number of nitrogens with one attached hydrogen (secondary N) is 1. The molecule has 0 amide bonds. The van der Waals surface area contributed by atoms with Crippen LogP contribution in [0.1, 0.15) is 24.1 Å². The van der Waals surface area contributed by atoms with Crippen molar-refractivity contribution in [2.75, 3.05) is 45.3 Å². The number of rotatable bonds is 3. The Morgan fingerprint density at radius 3 is 2.88 bits per heavy atom. The van der Waals surface area contributed by atoms with Crippen LogP contribution in [0.2, 0.25) is 0 Å². The Labute approximate surface area is 141 Å². The van der Waals surface area contributed by atoms with Crippen LogP contribution in [-0.4, -0.2) is 74.3 Å². The molecule has 0 saturated carbocycles. The van der Waals surface area contributed by atoms with Gasteiger partial charge in [0.25, 0.3) is 0 Å². The van der Waals surface area contributed by atoms with Crippen molar-refractivity contribution < 1.29 is 22.6 Å². The molecule has 4 heterocycles. The van der Waals surface area contributed by atoms with Gasteiger partial charge in [-0.05, 0) is 24.8 Å². The number of ether oxygens (including phenoxy) is 3. The minimum atomic E-state index is -3.36. The van der Waals surface area contributed by atoms with Crippen molar-refractivity contribution in [1.82, 2.24) is 14.5 Å². The van der Waals surface area contributed by atoms with Crippen LogP contribution in [0.4, 0.5) is 0 Å². The smallest absolute Gasteiger partial charge is 0.216 e. The minimum Gasteiger partial charge on any atom is -0.376 e. The summed E-state index contributed by atoms with van der Waals surface area (Å²) in [5.41, 5.74) is 1.79. The predicted octanol–water partition coefficient (Wildman–Crippen LogP) is 0.0187. The van der Waals surface area contributed by atoms with Crippen LogP contribution >= 0.6 is 0 Å². The van der Waals surface area contributed by atoms with E-state index < -0.39 is 15.6 Å². The number of nitrogens with zero attached hydrogens (tertiary/aromatic N) is 2. The average molecular weight is 357 g/mol. The van der Waals surface area contributed by atoms with Crippen molar-refractivity contribution >= 4 is 10.0 Å². The number of aromatic amines is 1. The SMILES string of the molecule is O=S(=O)(CC1COCCO1)N1CCC2(CC1)OCCc1cn[nH]c12. The third-order valence-electron chi connectivity index (χ3n) is 5.13. The summed E-state index contributed by atoms with van der Waals surface area (Å²) in [7, 11) is -3.36. The zero-order chi connectivity index (χ0) is 16.6. The molecule has 2 fully saturated rings. The number of piperidine rings is 1. The van der Waals surface area contributed by atoms with Gasteiger partial charge in [0.05, 0.1) is 50.2 Å². The van der Waals surface area contributed by atoms with Crippen LogP contribution in [0.5, 0.6) is 0 Å². The maximum atomic E-state index is 12.7. The molecule has 0 aromatic carbocycles. The first-order chi connectivity index (χ1) is 11.6. The van der Waals surface area contributed by atoms with Gasteiger partial charge < -0.3 is 14.2 Å². The minimum absolute atomic E-state index is 0.0177. The molecule has 1 N–H and O–H groups in total. The van der Waals surface area contributed by atoms with Crippen LogP contribution in [0, 0.1) is 0 Å². The molecular weight excluding hydrogens is 334 g/mol. The standard InChI is InChI=1S/C15H23N3O5S/c19-24(20,11-13-10-21-7-8-22-13)18-4-2-15(3-5-18)14-12(1-6-23-15)9-16-17-14/h9,13H,1-8,10-11H2,(H,16,17). The molecule has 1 aromatic rings. The summed E-state index contributed by atoms with van der Waals surface area (Å²) in [6.07, 6.45) is 3.62. The van der Waals surface area contributed by atoms with Gasteiger partial charge >= 0.3 is 0 Å². The van der Waals surface area contributed by atoms with Gasteiger partial charge in [0, 0.05) is 13.1 Å². The molecule has 0 bridgehead atoms. The molecule has 8 nitrogen and oxygen atoms in total. The molecular formula is C15H23N3O5S. The van der Waals surface area contributed by atoms with Crippen LogP contribution in [0.3, 0.4) is 0 Å². The Bertz CT molecular complexity index is 675.